The Kier molecular flexibility index (Phi) is 5.90. The molecule has 4 aliphatic rings. The molecule has 1 N–H and O–H groups in total. The van der Waals surface area contributed by atoms with Gasteiger partial charge in [-0.1, -0.05) is 56.3 Å². The molecule has 4 bridgehead atoms. The van der Waals surface area contributed by atoms with Crippen molar-refractivity contribution >= 4 is 11.9 Å². The average Bonchev–Trinajstić information content (AvgIpc) is 2.87. The van der Waals surface area contributed by atoms with E-state index in [0.29, 0.717) is 11.7 Å². The summed E-state index contributed by atoms with van der Waals surface area (Å²) in [4.78, 5) is 4.94. The van der Waals surface area contributed by atoms with Crippen LogP contribution in [0.4, 0.5) is 5.69 Å². The van der Waals surface area contributed by atoms with Crippen LogP contribution in [-0.4, -0.2) is 18.4 Å². The van der Waals surface area contributed by atoms with Gasteiger partial charge in [0.2, 0.25) is 0 Å². The molecule has 3 nitrogen and oxygen atoms in total. The molecule has 7 rings (SSSR count). The Morgan fingerprint density at radius 2 is 1.50 bits per heavy atom. The normalized spacial score (nSPS) is 26.7. The molecule has 0 saturated heterocycles. The number of hydrogen-bond donors (Lipinski definition) is 1. The molecule has 4 fully saturated rings. The fourth-order valence-electron chi connectivity index (χ4n) is 7.78. The number of phenols is 1. The van der Waals surface area contributed by atoms with Crippen molar-refractivity contribution in [3.05, 3.63) is 77.4 Å². The highest BCUT2D eigenvalue weighted by Crippen LogP contribution is 2.62. The molecule has 3 aromatic carbocycles. The first-order valence-corrected chi connectivity index (χ1v) is 13.6. The number of ether oxygens (including phenoxy) is 1. The lowest BCUT2D eigenvalue weighted by Gasteiger charge is -2.57. The molecule has 0 amide bonds. The van der Waals surface area contributed by atoms with Gasteiger partial charge in [-0.25, -0.2) is 0 Å². The number of aromatic hydroxyl groups is 1. The van der Waals surface area contributed by atoms with Crippen LogP contribution in [0.2, 0.25) is 0 Å². The lowest BCUT2D eigenvalue weighted by Crippen LogP contribution is -2.48. The molecule has 0 unspecified atom stereocenters. The molecule has 36 heavy (non-hydrogen) atoms. The Balaban J connectivity index is 1.42. The fourth-order valence-corrected chi connectivity index (χ4v) is 7.78. The van der Waals surface area contributed by atoms with E-state index in [9.17, 15) is 5.11 Å². The highest BCUT2D eigenvalue weighted by molar-refractivity contribution is 5.90. The van der Waals surface area contributed by atoms with Crippen LogP contribution in [0.1, 0.15) is 75.0 Å². The third kappa shape index (κ3) is 4.03. The maximum atomic E-state index is 11.7. The molecule has 0 aliphatic heterocycles. The third-order valence-electron chi connectivity index (χ3n) is 9.08. The van der Waals surface area contributed by atoms with E-state index < -0.39 is 0 Å². The fraction of sp³-hybridized carbons (Fsp3) is 0.424. The van der Waals surface area contributed by atoms with Gasteiger partial charge in [0.1, 0.15) is 11.5 Å². The number of benzene rings is 3. The summed E-state index contributed by atoms with van der Waals surface area (Å²) < 4.78 is 5.62. The van der Waals surface area contributed by atoms with Gasteiger partial charge in [0.05, 0.1) is 12.8 Å². The van der Waals surface area contributed by atoms with E-state index >= 15 is 0 Å². The van der Waals surface area contributed by atoms with Crippen LogP contribution in [0.3, 0.4) is 0 Å². The maximum Gasteiger partial charge on any atom is 0.128 e. The van der Waals surface area contributed by atoms with Gasteiger partial charge in [0, 0.05) is 28.5 Å². The number of rotatable bonds is 6. The van der Waals surface area contributed by atoms with Crippen molar-refractivity contribution in [3.8, 4) is 22.6 Å². The molecule has 3 aromatic rings. The quantitative estimate of drug-likeness (QED) is 0.361. The van der Waals surface area contributed by atoms with E-state index in [1.165, 1.54) is 49.7 Å². The Morgan fingerprint density at radius 3 is 2.14 bits per heavy atom. The Bertz CT molecular complexity index is 1270. The number of hydrogen-bond acceptors (Lipinski definition) is 3. The lowest BCUT2D eigenvalue weighted by molar-refractivity contribution is -0.00617. The van der Waals surface area contributed by atoms with Crippen LogP contribution >= 0.6 is 0 Å². The minimum atomic E-state index is 0.141. The molecule has 0 aromatic heterocycles. The minimum Gasteiger partial charge on any atom is -0.507 e. The molecule has 186 valence electrons. The predicted molar refractivity (Wildman–Crippen MR) is 148 cm³/mol. The second kappa shape index (κ2) is 9.10. The van der Waals surface area contributed by atoms with Gasteiger partial charge in [-0.15, -0.1) is 0 Å². The second-order valence-electron chi connectivity index (χ2n) is 11.8. The standard InChI is InChI=1S/C33H37NO2/c1-21(2)25-15-26(20-34-30-10-6-4-8-27(30)28-9-5-7-11-31(28)36-3)32(35)29(16-25)33-17-22-12-23(18-33)14-24(13-22)19-33/h4-11,15-16,20-24,35H,12-14,17-19H2,1-3H3. The van der Waals surface area contributed by atoms with Crippen LogP contribution in [0, 0.1) is 17.8 Å². The van der Waals surface area contributed by atoms with Gasteiger partial charge < -0.3 is 9.84 Å². The Hall–Kier alpha value is -3.07. The average molecular weight is 480 g/mol. The van der Waals surface area contributed by atoms with Gasteiger partial charge in [-0.3, -0.25) is 4.99 Å². The highest BCUT2D eigenvalue weighted by atomic mass is 16.5. The summed E-state index contributed by atoms with van der Waals surface area (Å²) in [5.74, 6) is 4.18. The zero-order valence-corrected chi connectivity index (χ0v) is 21.7. The molecular formula is C33H37NO2. The largest absolute Gasteiger partial charge is 0.507 e. The van der Waals surface area contributed by atoms with Crippen molar-refractivity contribution < 1.29 is 9.84 Å². The van der Waals surface area contributed by atoms with E-state index in [0.717, 1.165) is 45.9 Å². The number of methoxy groups -OCH3 is 1. The zero-order chi connectivity index (χ0) is 24.9. The summed E-state index contributed by atoms with van der Waals surface area (Å²) >= 11 is 0. The Labute approximate surface area is 215 Å². The van der Waals surface area contributed by atoms with Crippen LogP contribution in [-0.2, 0) is 5.41 Å². The molecule has 0 radical (unpaired) electrons. The van der Waals surface area contributed by atoms with E-state index in [1.54, 1.807) is 7.11 Å². The number of aliphatic imine (C=N–C) groups is 1. The van der Waals surface area contributed by atoms with Crippen molar-refractivity contribution in [1.82, 2.24) is 0 Å². The second-order valence-corrected chi connectivity index (χ2v) is 11.8. The van der Waals surface area contributed by atoms with Crippen molar-refractivity contribution in [2.24, 2.45) is 22.7 Å². The van der Waals surface area contributed by atoms with Crippen molar-refractivity contribution in [2.45, 2.75) is 63.7 Å². The van der Waals surface area contributed by atoms with Crippen molar-refractivity contribution in [1.29, 1.82) is 0 Å². The maximum absolute atomic E-state index is 11.7. The highest BCUT2D eigenvalue weighted by Gasteiger charge is 2.52. The molecule has 0 atom stereocenters. The summed E-state index contributed by atoms with van der Waals surface area (Å²) in [6.45, 7) is 4.49. The summed E-state index contributed by atoms with van der Waals surface area (Å²) in [5, 5.41) is 11.7. The van der Waals surface area contributed by atoms with E-state index in [-0.39, 0.29) is 5.41 Å². The van der Waals surface area contributed by atoms with E-state index in [1.807, 2.05) is 42.6 Å². The van der Waals surface area contributed by atoms with Crippen LogP contribution < -0.4 is 4.74 Å². The SMILES string of the molecule is COc1ccccc1-c1ccccc1N=Cc1cc(C(C)C)cc(C23CC4CC(CC(C4)C2)C3)c1O. The van der Waals surface area contributed by atoms with Gasteiger partial charge in [-0.05, 0) is 91.4 Å². The zero-order valence-electron chi connectivity index (χ0n) is 21.7. The Morgan fingerprint density at radius 1 is 0.889 bits per heavy atom. The first-order valence-electron chi connectivity index (χ1n) is 13.6. The molecule has 0 heterocycles. The third-order valence-corrected chi connectivity index (χ3v) is 9.08. The lowest BCUT2D eigenvalue weighted by atomic mass is 9.48. The first-order chi connectivity index (χ1) is 17.5. The predicted octanol–water partition coefficient (Wildman–Crippen LogP) is 8.41. The van der Waals surface area contributed by atoms with Gasteiger partial charge >= 0.3 is 0 Å². The first kappa shape index (κ1) is 23.3. The van der Waals surface area contributed by atoms with Crippen LogP contribution in [0.25, 0.3) is 11.1 Å². The molecule has 3 heteroatoms. The minimum absolute atomic E-state index is 0.141. The number of para-hydroxylation sites is 2. The van der Waals surface area contributed by atoms with Crippen molar-refractivity contribution in [2.75, 3.05) is 7.11 Å². The van der Waals surface area contributed by atoms with E-state index in [4.69, 9.17) is 9.73 Å². The number of phenolic OH excluding ortho intramolecular Hbond substituents is 1. The number of nitrogens with zero attached hydrogens (tertiary/aromatic N) is 1. The molecule has 0 spiro atoms. The van der Waals surface area contributed by atoms with Gasteiger partial charge in [0.25, 0.3) is 0 Å². The van der Waals surface area contributed by atoms with Crippen LogP contribution in [0.15, 0.2) is 65.7 Å². The topological polar surface area (TPSA) is 41.8 Å². The molecule has 4 aliphatic carbocycles. The van der Waals surface area contributed by atoms with Gasteiger partial charge in [0.15, 0.2) is 0 Å². The molecule has 4 saturated carbocycles. The van der Waals surface area contributed by atoms with Crippen LogP contribution in [0.5, 0.6) is 11.5 Å². The van der Waals surface area contributed by atoms with Crippen molar-refractivity contribution in [3.63, 3.8) is 0 Å². The summed E-state index contributed by atoms with van der Waals surface area (Å²) in [7, 11) is 1.70. The van der Waals surface area contributed by atoms with E-state index in [2.05, 4.69) is 38.1 Å². The smallest absolute Gasteiger partial charge is 0.128 e. The monoisotopic (exact) mass is 479 g/mol. The summed E-state index contributed by atoms with van der Waals surface area (Å²) in [5.41, 5.74) is 6.36. The summed E-state index contributed by atoms with van der Waals surface area (Å²) in [6, 6.07) is 20.7. The summed E-state index contributed by atoms with van der Waals surface area (Å²) in [6.07, 6.45) is 9.79. The molecular weight excluding hydrogens is 442 g/mol. The van der Waals surface area contributed by atoms with Gasteiger partial charge in [-0.2, -0.15) is 0 Å².